The van der Waals surface area contributed by atoms with Gasteiger partial charge in [0.05, 0.1) is 11.5 Å². The van der Waals surface area contributed by atoms with Gasteiger partial charge in [0.25, 0.3) is 0 Å². The van der Waals surface area contributed by atoms with Crippen molar-refractivity contribution in [2.45, 2.75) is 59.7 Å². The normalized spacial score (nSPS) is 16.4. The second-order valence-electron chi connectivity index (χ2n) is 10.6. The van der Waals surface area contributed by atoms with Crippen molar-refractivity contribution in [2.75, 3.05) is 0 Å². The lowest BCUT2D eigenvalue weighted by Crippen LogP contribution is -2.39. The summed E-state index contributed by atoms with van der Waals surface area (Å²) in [6.45, 7) is 6.53. The van der Waals surface area contributed by atoms with Gasteiger partial charge in [0.1, 0.15) is 34.5 Å². The van der Waals surface area contributed by atoms with E-state index < -0.39 is 71.0 Å². The summed E-state index contributed by atoms with van der Waals surface area (Å²) in [6.07, 6.45) is -3.06. The van der Waals surface area contributed by atoms with Gasteiger partial charge >= 0.3 is 29.8 Å². The number of hydrogen-bond donors (Lipinski definition) is 3. The number of phenols is 3. The highest BCUT2D eigenvalue weighted by Crippen LogP contribution is 2.56. The van der Waals surface area contributed by atoms with Crippen LogP contribution in [0.15, 0.2) is 36.4 Å². The Hall–Kier alpha value is -6.12. The fraction of sp³-hybridized carbons (Fsp3) is 0.273. The first kappa shape index (κ1) is 34.7. The molecule has 3 aromatic rings. The summed E-state index contributed by atoms with van der Waals surface area (Å²) in [5.41, 5.74) is -0.621. The number of carbonyl (C=O) groups is 6. The Balaban J connectivity index is 2.14. The third-order valence-corrected chi connectivity index (χ3v) is 6.80. The van der Waals surface area contributed by atoms with Crippen LogP contribution < -0.4 is 23.7 Å². The number of phenolic OH excluding ortho intramolecular Hbond substituents is 3. The number of benzene rings is 3. The van der Waals surface area contributed by atoms with Crippen LogP contribution in [0, 0.1) is 0 Å². The number of esters is 5. The fourth-order valence-corrected chi connectivity index (χ4v) is 5.33. The SMILES string of the molecule is CC(=O)Oc1cc(OC(C)=O)c2c(c1)O[C@H](c1cc(OC(C)=O)c(OC(C)=O)c(C(C)=O)c1)[C@@H](OC(C)=O)[C@@H]2c1c(O)cc(O)cc1O. The van der Waals surface area contributed by atoms with Gasteiger partial charge < -0.3 is 43.7 Å². The molecule has 0 amide bonds. The van der Waals surface area contributed by atoms with Crippen molar-refractivity contribution >= 4 is 35.6 Å². The molecule has 1 heterocycles. The van der Waals surface area contributed by atoms with Gasteiger partial charge in [-0.1, -0.05) is 0 Å². The highest BCUT2D eigenvalue weighted by Gasteiger charge is 2.47. The third-order valence-electron chi connectivity index (χ3n) is 6.80. The van der Waals surface area contributed by atoms with E-state index >= 15 is 0 Å². The summed E-state index contributed by atoms with van der Waals surface area (Å²) < 4.78 is 33.2. The molecule has 1 aliphatic heterocycles. The largest absolute Gasteiger partial charge is 0.508 e. The Morgan fingerprint density at radius 2 is 1.19 bits per heavy atom. The van der Waals surface area contributed by atoms with Crippen molar-refractivity contribution in [1.82, 2.24) is 0 Å². The van der Waals surface area contributed by atoms with E-state index in [0.717, 1.165) is 59.7 Å². The molecule has 3 N–H and O–H groups in total. The van der Waals surface area contributed by atoms with Gasteiger partial charge in [-0.05, 0) is 19.1 Å². The monoisotopic (exact) mass is 666 g/mol. The minimum Gasteiger partial charge on any atom is -0.508 e. The van der Waals surface area contributed by atoms with Crippen molar-refractivity contribution in [3.63, 3.8) is 0 Å². The third kappa shape index (κ3) is 7.46. The van der Waals surface area contributed by atoms with Gasteiger partial charge in [-0.25, -0.2) is 0 Å². The summed E-state index contributed by atoms with van der Waals surface area (Å²) in [5, 5.41) is 32.2. The second kappa shape index (κ2) is 13.7. The highest BCUT2D eigenvalue weighted by atomic mass is 16.6. The van der Waals surface area contributed by atoms with Gasteiger partial charge in [0.2, 0.25) is 0 Å². The van der Waals surface area contributed by atoms with Gasteiger partial charge in [-0.2, -0.15) is 0 Å². The van der Waals surface area contributed by atoms with E-state index in [0.29, 0.717) is 0 Å². The number of rotatable bonds is 8. The lowest BCUT2D eigenvalue weighted by Gasteiger charge is -2.40. The summed E-state index contributed by atoms with van der Waals surface area (Å²) in [7, 11) is 0. The Labute approximate surface area is 272 Å². The lowest BCUT2D eigenvalue weighted by atomic mass is 9.78. The molecule has 0 spiro atoms. The molecule has 252 valence electrons. The molecule has 0 radical (unpaired) electrons. The van der Waals surface area contributed by atoms with Crippen LogP contribution in [-0.2, 0) is 28.7 Å². The number of ether oxygens (including phenoxy) is 6. The molecule has 0 saturated carbocycles. The number of hydrogen-bond acceptors (Lipinski definition) is 15. The van der Waals surface area contributed by atoms with Gasteiger partial charge in [-0.3, -0.25) is 28.8 Å². The van der Waals surface area contributed by atoms with E-state index in [1.54, 1.807) is 0 Å². The molecule has 0 aromatic heterocycles. The standard InChI is InChI=1S/C33H30O15/c1-13(34)22-7-19(8-27(45-16(4)37)32(22)46-17(5)38)31-33(47-18(6)39)30(28-23(41)9-20(40)10-24(28)42)29-25(44-15(3)36)11-21(43-14(2)35)12-26(29)48-31/h7-12,30-31,33,40-42H,1-6H3/t30-,31-,33+/m1/s1. The highest BCUT2D eigenvalue weighted by molar-refractivity contribution is 5.99. The Bertz CT molecular complexity index is 1830. The zero-order valence-electron chi connectivity index (χ0n) is 26.4. The molecule has 0 saturated heterocycles. The van der Waals surface area contributed by atoms with E-state index in [2.05, 4.69) is 0 Å². The summed E-state index contributed by atoms with van der Waals surface area (Å²) in [4.78, 5) is 73.6. The minimum atomic E-state index is -1.57. The maximum atomic E-state index is 12.8. The number of aromatic hydroxyl groups is 3. The van der Waals surface area contributed by atoms with E-state index in [4.69, 9.17) is 28.4 Å². The van der Waals surface area contributed by atoms with E-state index in [9.17, 15) is 44.1 Å². The number of carbonyl (C=O) groups excluding carboxylic acids is 6. The molecule has 1 aliphatic rings. The summed E-state index contributed by atoms with van der Waals surface area (Å²) >= 11 is 0. The van der Waals surface area contributed by atoms with Crippen molar-refractivity contribution in [2.24, 2.45) is 0 Å². The molecule has 0 unspecified atom stereocenters. The Morgan fingerprint density at radius 3 is 1.71 bits per heavy atom. The first-order valence-electron chi connectivity index (χ1n) is 14.2. The van der Waals surface area contributed by atoms with Gasteiger partial charge in [-0.15, -0.1) is 0 Å². The van der Waals surface area contributed by atoms with Crippen LogP contribution >= 0.6 is 0 Å². The average molecular weight is 667 g/mol. The molecule has 0 aliphatic carbocycles. The number of fused-ring (bicyclic) bond motifs is 1. The first-order chi connectivity index (χ1) is 22.5. The molecule has 4 rings (SSSR count). The van der Waals surface area contributed by atoms with Crippen molar-refractivity contribution in [1.29, 1.82) is 0 Å². The molecule has 48 heavy (non-hydrogen) atoms. The molecule has 3 atom stereocenters. The topological polar surface area (TPSA) is 218 Å². The zero-order chi connectivity index (χ0) is 35.6. The first-order valence-corrected chi connectivity index (χ1v) is 14.2. The quantitative estimate of drug-likeness (QED) is 0.176. The predicted molar refractivity (Wildman–Crippen MR) is 160 cm³/mol. The van der Waals surface area contributed by atoms with Crippen LogP contribution in [0.1, 0.15) is 80.6 Å². The maximum absolute atomic E-state index is 12.8. The Kier molecular flexibility index (Phi) is 9.92. The molecule has 0 fully saturated rings. The fourth-order valence-electron chi connectivity index (χ4n) is 5.33. The molecule has 3 aromatic carbocycles. The van der Waals surface area contributed by atoms with Crippen molar-refractivity contribution in [3.05, 3.63) is 58.7 Å². The molecular weight excluding hydrogens is 636 g/mol. The van der Waals surface area contributed by atoms with Crippen LogP contribution in [0.3, 0.4) is 0 Å². The number of ketones is 1. The predicted octanol–water partition coefficient (Wildman–Crippen LogP) is 3.90. The zero-order valence-corrected chi connectivity index (χ0v) is 26.4. The van der Waals surface area contributed by atoms with Crippen LogP contribution in [0.25, 0.3) is 0 Å². The molecule has 0 bridgehead atoms. The molecular formula is C33H30O15. The van der Waals surface area contributed by atoms with Crippen LogP contribution in [0.2, 0.25) is 0 Å². The lowest BCUT2D eigenvalue weighted by molar-refractivity contribution is -0.154. The van der Waals surface area contributed by atoms with Crippen LogP contribution in [0.5, 0.6) is 46.0 Å². The summed E-state index contributed by atoms with van der Waals surface area (Å²) in [5.74, 6) is -9.49. The smallest absolute Gasteiger partial charge is 0.308 e. The Morgan fingerprint density at radius 1 is 0.625 bits per heavy atom. The second-order valence-corrected chi connectivity index (χ2v) is 10.6. The van der Waals surface area contributed by atoms with E-state index in [1.165, 1.54) is 18.2 Å². The van der Waals surface area contributed by atoms with E-state index in [-0.39, 0.29) is 51.0 Å². The van der Waals surface area contributed by atoms with Gasteiger partial charge in [0.15, 0.2) is 29.5 Å². The van der Waals surface area contributed by atoms with Crippen LogP contribution in [0.4, 0.5) is 0 Å². The maximum Gasteiger partial charge on any atom is 0.308 e. The van der Waals surface area contributed by atoms with Crippen molar-refractivity contribution < 1.29 is 72.5 Å². The molecule has 15 nitrogen and oxygen atoms in total. The van der Waals surface area contributed by atoms with Crippen molar-refractivity contribution in [3.8, 4) is 46.0 Å². The average Bonchev–Trinajstić information content (AvgIpc) is 2.92. The summed E-state index contributed by atoms with van der Waals surface area (Å²) in [6, 6.07) is 6.63. The molecule has 15 heteroatoms. The van der Waals surface area contributed by atoms with Crippen LogP contribution in [-0.4, -0.2) is 57.1 Å². The van der Waals surface area contributed by atoms with E-state index in [1.807, 2.05) is 0 Å². The minimum absolute atomic E-state index is 0.000986. The number of Topliss-reactive ketones (excluding diaryl/α,β-unsaturated/α-hetero) is 1. The van der Waals surface area contributed by atoms with Gasteiger partial charge in [0, 0.05) is 75.6 Å².